The summed E-state index contributed by atoms with van der Waals surface area (Å²) in [6.45, 7) is 11.0. The monoisotopic (exact) mass is 487 g/mol. The first-order valence-electron chi connectivity index (χ1n) is 11.4. The van der Waals surface area contributed by atoms with E-state index in [1.807, 2.05) is 71.0 Å². The molecule has 1 unspecified atom stereocenters. The van der Waals surface area contributed by atoms with Gasteiger partial charge in [0.2, 0.25) is 21.8 Å². The number of amides is 2. The second-order valence-electron chi connectivity index (χ2n) is 9.85. The molecule has 1 N–H and O–H groups in total. The molecule has 0 radical (unpaired) electrons. The van der Waals surface area contributed by atoms with Crippen molar-refractivity contribution in [3.8, 4) is 0 Å². The number of aryl methyl sites for hydroxylation is 2. The zero-order valence-electron chi connectivity index (χ0n) is 21.3. The van der Waals surface area contributed by atoms with Gasteiger partial charge in [0, 0.05) is 12.1 Å². The maximum Gasteiger partial charge on any atom is 0.244 e. The van der Waals surface area contributed by atoms with E-state index in [-0.39, 0.29) is 19.0 Å². The molecule has 2 amide bonds. The van der Waals surface area contributed by atoms with Gasteiger partial charge in [-0.05, 0) is 76.8 Å². The zero-order chi connectivity index (χ0) is 25.7. The smallest absolute Gasteiger partial charge is 0.244 e. The molecule has 34 heavy (non-hydrogen) atoms. The highest BCUT2D eigenvalue weighted by Crippen LogP contribution is 2.22. The summed E-state index contributed by atoms with van der Waals surface area (Å²) < 4.78 is 26.4. The average Bonchev–Trinajstić information content (AvgIpc) is 2.70. The highest BCUT2D eigenvalue weighted by Gasteiger charge is 2.31. The summed E-state index contributed by atoms with van der Waals surface area (Å²) in [4.78, 5) is 27.9. The van der Waals surface area contributed by atoms with Crippen molar-refractivity contribution in [1.29, 1.82) is 0 Å². The molecule has 1 atom stereocenters. The van der Waals surface area contributed by atoms with Crippen molar-refractivity contribution in [2.45, 2.75) is 59.5 Å². The molecule has 7 nitrogen and oxygen atoms in total. The minimum atomic E-state index is -3.74. The number of hydrogen-bond donors (Lipinski definition) is 1. The van der Waals surface area contributed by atoms with Gasteiger partial charge in [0.1, 0.15) is 12.6 Å². The van der Waals surface area contributed by atoms with Crippen LogP contribution in [0.3, 0.4) is 0 Å². The lowest BCUT2D eigenvalue weighted by molar-refractivity contribution is -0.139. The number of rotatable bonds is 9. The molecule has 0 fully saturated rings. The molecule has 0 aliphatic carbocycles. The standard InChI is InChI=1S/C26H37N3O4S/c1-19-15-20(2)17-23(16-19)29(34(7,32)33)18-24(30)28(14-13-22-11-9-8-10-12-22)21(3)25(31)27-26(4,5)6/h8-12,15-17,21H,13-14,18H2,1-7H3,(H,27,31). The van der Waals surface area contributed by atoms with E-state index in [2.05, 4.69) is 5.32 Å². The van der Waals surface area contributed by atoms with Crippen LogP contribution in [0.15, 0.2) is 48.5 Å². The highest BCUT2D eigenvalue weighted by atomic mass is 32.2. The van der Waals surface area contributed by atoms with Crippen molar-refractivity contribution < 1.29 is 18.0 Å². The van der Waals surface area contributed by atoms with E-state index >= 15 is 0 Å². The van der Waals surface area contributed by atoms with Crippen LogP contribution in [-0.2, 0) is 26.0 Å². The van der Waals surface area contributed by atoms with Crippen molar-refractivity contribution in [3.05, 3.63) is 65.2 Å². The molecule has 0 aliphatic rings. The number of sulfonamides is 1. The average molecular weight is 488 g/mol. The molecule has 2 rings (SSSR count). The minimum Gasteiger partial charge on any atom is -0.350 e. The predicted octanol–water partition coefficient (Wildman–Crippen LogP) is 3.44. The molecule has 0 aliphatic heterocycles. The first kappa shape index (κ1) is 27.4. The fraction of sp³-hybridized carbons (Fsp3) is 0.462. The Morgan fingerprint density at radius 3 is 2.06 bits per heavy atom. The Bertz CT molecular complexity index is 1090. The van der Waals surface area contributed by atoms with Gasteiger partial charge in [-0.3, -0.25) is 13.9 Å². The Hall–Kier alpha value is -2.87. The number of carbonyl (C=O) groups is 2. The summed E-state index contributed by atoms with van der Waals surface area (Å²) in [5.41, 5.74) is 2.79. The molecule has 0 heterocycles. The summed E-state index contributed by atoms with van der Waals surface area (Å²) in [7, 11) is -3.74. The molecule has 2 aromatic rings. The number of carbonyl (C=O) groups excluding carboxylic acids is 2. The second kappa shape index (κ2) is 11.0. The number of nitrogens with one attached hydrogen (secondary N) is 1. The molecular weight excluding hydrogens is 450 g/mol. The van der Waals surface area contributed by atoms with E-state index < -0.39 is 27.5 Å². The van der Waals surface area contributed by atoms with Crippen LogP contribution >= 0.6 is 0 Å². The second-order valence-corrected chi connectivity index (χ2v) is 11.8. The molecule has 186 valence electrons. The third-order valence-electron chi connectivity index (χ3n) is 5.32. The lowest BCUT2D eigenvalue weighted by Gasteiger charge is -2.33. The fourth-order valence-electron chi connectivity index (χ4n) is 3.75. The van der Waals surface area contributed by atoms with Gasteiger partial charge >= 0.3 is 0 Å². The van der Waals surface area contributed by atoms with Gasteiger partial charge in [-0.1, -0.05) is 36.4 Å². The Morgan fingerprint density at radius 2 is 1.56 bits per heavy atom. The lowest BCUT2D eigenvalue weighted by Crippen LogP contribution is -2.55. The van der Waals surface area contributed by atoms with Gasteiger partial charge in [0.15, 0.2) is 0 Å². The van der Waals surface area contributed by atoms with E-state index in [0.717, 1.165) is 27.3 Å². The summed E-state index contributed by atoms with van der Waals surface area (Å²) in [6, 6.07) is 14.3. The Labute approximate surface area is 204 Å². The first-order valence-corrected chi connectivity index (χ1v) is 13.2. The van der Waals surface area contributed by atoms with Gasteiger partial charge in [-0.25, -0.2) is 8.42 Å². The third kappa shape index (κ3) is 8.17. The van der Waals surface area contributed by atoms with Gasteiger partial charge in [-0.2, -0.15) is 0 Å². The quantitative estimate of drug-likeness (QED) is 0.587. The predicted molar refractivity (Wildman–Crippen MR) is 137 cm³/mol. The van der Waals surface area contributed by atoms with Gasteiger partial charge in [-0.15, -0.1) is 0 Å². The van der Waals surface area contributed by atoms with Gasteiger partial charge in [0.05, 0.1) is 11.9 Å². The van der Waals surface area contributed by atoms with E-state index in [1.165, 1.54) is 4.90 Å². The summed E-state index contributed by atoms with van der Waals surface area (Å²) >= 11 is 0. The molecule has 0 saturated heterocycles. The van der Waals surface area contributed by atoms with Crippen molar-refractivity contribution in [3.63, 3.8) is 0 Å². The molecule has 8 heteroatoms. The number of anilines is 1. The Kier molecular flexibility index (Phi) is 8.89. The van der Waals surface area contributed by atoms with E-state index in [4.69, 9.17) is 0 Å². The minimum absolute atomic E-state index is 0.284. The molecule has 0 bridgehead atoms. The number of nitrogens with zero attached hydrogens (tertiary/aromatic N) is 2. The van der Waals surface area contributed by atoms with Crippen molar-refractivity contribution in [2.75, 3.05) is 23.7 Å². The van der Waals surface area contributed by atoms with Crippen molar-refractivity contribution in [2.24, 2.45) is 0 Å². The van der Waals surface area contributed by atoms with E-state index in [0.29, 0.717) is 12.1 Å². The van der Waals surface area contributed by atoms with Crippen LogP contribution < -0.4 is 9.62 Å². The highest BCUT2D eigenvalue weighted by molar-refractivity contribution is 7.92. The van der Waals surface area contributed by atoms with Crippen LogP contribution in [0.2, 0.25) is 0 Å². The Balaban J connectivity index is 2.36. The molecule has 0 spiro atoms. The van der Waals surface area contributed by atoms with Crippen LogP contribution in [0, 0.1) is 13.8 Å². The fourth-order valence-corrected chi connectivity index (χ4v) is 4.59. The molecule has 0 aromatic heterocycles. The number of benzene rings is 2. The van der Waals surface area contributed by atoms with Crippen LogP contribution in [0.1, 0.15) is 44.4 Å². The summed E-state index contributed by atoms with van der Waals surface area (Å²) in [5, 5.41) is 2.92. The maximum absolute atomic E-state index is 13.5. The first-order chi connectivity index (χ1) is 15.7. The van der Waals surface area contributed by atoms with Crippen molar-refractivity contribution >= 4 is 27.5 Å². The zero-order valence-corrected chi connectivity index (χ0v) is 22.1. The SMILES string of the molecule is Cc1cc(C)cc(N(CC(=O)N(CCc2ccccc2)C(C)C(=O)NC(C)(C)C)S(C)(=O)=O)c1. The summed E-state index contributed by atoms with van der Waals surface area (Å²) in [5.74, 6) is -0.719. The Morgan fingerprint density at radius 1 is 1.00 bits per heavy atom. The van der Waals surface area contributed by atoms with Gasteiger partial charge in [0.25, 0.3) is 0 Å². The third-order valence-corrected chi connectivity index (χ3v) is 6.46. The van der Waals surface area contributed by atoms with E-state index in [1.54, 1.807) is 19.1 Å². The number of hydrogen-bond acceptors (Lipinski definition) is 4. The van der Waals surface area contributed by atoms with Gasteiger partial charge < -0.3 is 10.2 Å². The summed E-state index contributed by atoms with van der Waals surface area (Å²) in [6.07, 6.45) is 1.63. The normalized spacial score (nSPS) is 12.7. The van der Waals surface area contributed by atoms with Crippen LogP contribution in [-0.4, -0.2) is 56.1 Å². The maximum atomic E-state index is 13.5. The van der Waals surface area contributed by atoms with Crippen molar-refractivity contribution in [1.82, 2.24) is 10.2 Å². The lowest BCUT2D eigenvalue weighted by atomic mass is 10.1. The molecular formula is C26H37N3O4S. The molecule has 0 saturated carbocycles. The van der Waals surface area contributed by atoms with Crippen LogP contribution in [0.4, 0.5) is 5.69 Å². The largest absolute Gasteiger partial charge is 0.350 e. The van der Waals surface area contributed by atoms with Crippen LogP contribution in [0.5, 0.6) is 0 Å². The topological polar surface area (TPSA) is 86.8 Å². The van der Waals surface area contributed by atoms with E-state index in [9.17, 15) is 18.0 Å². The van der Waals surface area contributed by atoms with Crippen LogP contribution in [0.25, 0.3) is 0 Å². The molecule has 2 aromatic carbocycles.